The molecule has 0 unspecified atom stereocenters. The first-order chi connectivity index (χ1) is 5.64. The Kier molecular flexibility index (Phi) is 2.13. The molecule has 2 nitrogen and oxygen atoms in total. The number of nitrogens with zero attached hydrogens (tertiary/aromatic N) is 1. The van der Waals surface area contributed by atoms with Gasteiger partial charge in [-0.15, -0.1) is 6.42 Å². The molecule has 1 saturated carbocycles. The van der Waals surface area contributed by atoms with Gasteiger partial charge in [-0.1, -0.05) is 19.3 Å². The molecule has 0 radical (unpaired) electrons. The van der Waals surface area contributed by atoms with Crippen molar-refractivity contribution in [2.45, 2.75) is 38.2 Å². The predicted molar refractivity (Wildman–Crippen MR) is 46.0 cm³/mol. The van der Waals surface area contributed by atoms with Gasteiger partial charge < -0.3 is 5.11 Å². The van der Waals surface area contributed by atoms with E-state index in [-0.39, 0.29) is 0 Å². The molecule has 1 aliphatic carbocycles. The van der Waals surface area contributed by atoms with E-state index < -0.39 is 11.0 Å². The Morgan fingerprint density at radius 1 is 1.67 bits per heavy atom. The van der Waals surface area contributed by atoms with E-state index in [9.17, 15) is 5.11 Å². The van der Waals surface area contributed by atoms with Crippen molar-refractivity contribution in [2.75, 3.05) is 0 Å². The first-order valence-electron chi connectivity index (χ1n) is 4.25. The monoisotopic (exact) mass is 163 g/mol. The van der Waals surface area contributed by atoms with Gasteiger partial charge in [0.05, 0.1) is 11.5 Å². The number of terminal acetylenes is 1. The fraction of sp³-hybridized carbons (Fsp3) is 0.700. The summed E-state index contributed by atoms with van der Waals surface area (Å²) in [6, 6.07) is 2.14. The Morgan fingerprint density at radius 3 is 2.50 bits per heavy atom. The van der Waals surface area contributed by atoms with Gasteiger partial charge in [0.25, 0.3) is 0 Å². The summed E-state index contributed by atoms with van der Waals surface area (Å²) in [6.45, 7) is 1.95. The van der Waals surface area contributed by atoms with Crippen LogP contribution in [0.1, 0.15) is 32.6 Å². The molecule has 0 aromatic carbocycles. The Hall–Kier alpha value is -0.990. The molecule has 0 heterocycles. The van der Waals surface area contributed by atoms with E-state index in [1.807, 2.05) is 6.92 Å². The van der Waals surface area contributed by atoms with Gasteiger partial charge >= 0.3 is 0 Å². The molecule has 0 bridgehead atoms. The standard InChI is InChI=1S/C10H13NO/c1-3-5-10(12,4-2)9(8-11)6-7-9/h2,12H,3,5-7H2,1H3/t10-/m1/s1. The molecule has 0 aromatic rings. The number of hydrogen-bond acceptors (Lipinski definition) is 2. The summed E-state index contributed by atoms with van der Waals surface area (Å²) >= 11 is 0. The van der Waals surface area contributed by atoms with E-state index in [1.54, 1.807) is 0 Å². The van der Waals surface area contributed by atoms with Gasteiger partial charge in [-0.3, -0.25) is 0 Å². The number of nitriles is 1. The summed E-state index contributed by atoms with van der Waals surface area (Å²) in [6.07, 6.45) is 8.06. The van der Waals surface area contributed by atoms with Gasteiger partial charge in [0, 0.05) is 0 Å². The molecule has 12 heavy (non-hydrogen) atoms. The smallest absolute Gasteiger partial charge is 0.143 e. The molecule has 0 aliphatic heterocycles. The van der Waals surface area contributed by atoms with E-state index in [0.717, 1.165) is 19.3 Å². The zero-order chi connectivity index (χ0) is 9.24. The van der Waals surface area contributed by atoms with Crippen LogP contribution in [0.25, 0.3) is 0 Å². The first kappa shape index (κ1) is 9.10. The van der Waals surface area contributed by atoms with Crippen molar-refractivity contribution in [1.29, 1.82) is 5.26 Å². The van der Waals surface area contributed by atoms with Crippen LogP contribution in [0, 0.1) is 29.1 Å². The van der Waals surface area contributed by atoms with Crippen molar-refractivity contribution in [2.24, 2.45) is 5.41 Å². The third kappa shape index (κ3) is 1.09. The summed E-state index contributed by atoms with van der Waals surface area (Å²) in [4.78, 5) is 0. The Balaban J connectivity index is 2.83. The minimum Gasteiger partial charge on any atom is -0.376 e. The molecule has 1 rings (SSSR count). The van der Waals surface area contributed by atoms with Gasteiger partial charge in [-0.25, -0.2) is 0 Å². The maximum Gasteiger partial charge on any atom is 0.143 e. The zero-order valence-electron chi connectivity index (χ0n) is 7.30. The van der Waals surface area contributed by atoms with Gasteiger partial charge in [0.2, 0.25) is 0 Å². The second-order valence-corrected chi connectivity index (χ2v) is 3.45. The third-order valence-electron chi connectivity index (χ3n) is 2.61. The molecule has 1 fully saturated rings. The van der Waals surface area contributed by atoms with Gasteiger partial charge in [-0.2, -0.15) is 5.26 Å². The SMILES string of the molecule is C#C[C@@](O)(CCC)C1(C#N)CC1. The Bertz CT molecular complexity index is 254. The molecule has 0 spiro atoms. The molecular formula is C10H13NO. The lowest BCUT2D eigenvalue weighted by molar-refractivity contribution is 0.0396. The second-order valence-electron chi connectivity index (χ2n) is 3.45. The molecule has 64 valence electrons. The topological polar surface area (TPSA) is 44.0 Å². The molecule has 0 amide bonds. The largest absolute Gasteiger partial charge is 0.376 e. The van der Waals surface area contributed by atoms with Crippen molar-refractivity contribution in [3.63, 3.8) is 0 Å². The summed E-state index contributed by atoms with van der Waals surface area (Å²) in [5.74, 6) is 2.37. The van der Waals surface area contributed by atoms with E-state index in [4.69, 9.17) is 11.7 Å². The maximum absolute atomic E-state index is 9.95. The Morgan fingerprint density at radius 2 is 2.25 bits per heavy atom. The van der Waals surface area contributed by atoms with Crippen molar-refractivity contribution in [1.82, 2.24) is 0 Å². The lowest BCUT2D eigenvalue weighted by Crippen LogP contribution is -2.37. The highest BCUT2D eigenvalue weighted by atomic mass is 16.3. The lowest BCUT2D eigenvalue weighted by atomic mass is 9.82. The van der Waals surface area contributed by atoms with Crippen LogP contribution in [-0.4, -0.2) is 10.7 Å². The number of hydrogen-bond donors (Lipinski definition) is 1. The van der Waals surface area contributed by atoms with E-state index in [0.29, 0.717) is 6.42 Å². The summed E-state index contributed by atoms with van der Waals surface area (Å²) < 4.78 is 0. The molecular weight excluding hydrogens is 150 g/mol. The summed E-state index contributed by atoms with van der Waals surface area (Å²) in [5, 5.41) is 18.8. The Labute approximate surface area is 73.2 Å². The first-order valence-corrected chi connectivity index (χ1v) is 4.25. The summed E-state index contributed by atoms with van der Waals surface area (Å²) in [7, 11) is 0. The van der Waals surface area contributed by atoms with E-state index >= 15 is 0 Å². The highest BCUT2D eigenvalue weighted by Crippen LogP contribution is 2.54. The van der Waals surface area contributed by atoms with Gasteiger partial charge in [-0.05, 0) is 19.3 Å². The summed E-state index contributed by atoms with van der Waals surface area (Å²) in [5.41, 5.74) is -1.81. The normalized spacial score (nSPS) is 23.3. The van der Waals surface area contributed by atoms with Crippen molar-refractivity contribution in [3.05, 3.63) is 0 Å². The van der Waals surface area contributed by atoms with Crippen LogP contribution >= 0.6 is 0 Å². The van der Waals surface area contributed by atoms with Crippen molar-refractivity contribution >= 4 is 0 Å². The molecule has 1 atom stereocenters. The maximum atomic E-state index is 9.95. The van der Waals surface area contributed by atoms with Crippen LogP contribution in [0.5, 0.6) is 0 Å². The van der Waals surface area contributed by atoms with E-state index in [2.05, 4.69) is 12.0 Å². The average Bonchev–Trinajstić information content (AvgIpc) is 2.85. The average molecular weight is 163 g/mol. The molecule has 0 saturated heterocycles. The zero-order valence-corrected chi connectivity index (χ0v) is 7.30. The quantitative estimate of drug-likeness (QED) is 0.640. The fourth-order valence-corrected chi connectivity index (χ4v) is 1.55. The van der Waals surface area contributed by atoms with Crippen LogP contribution in [-0.2, 0) is 0 Å². The van der Waals surface area contributed by atoms with Crippen LogP contribution < -0.4 is 0 Å². The fourth-order valence-electron chi connectivity index (χ4n) is 1.55. The van der Waals surface area contributed by atoms with Gasteiger partial charge in [0.15, 0.2) is 0 Å². The minimum atomic E-state index is -1.18. The highest BCUT2D eigenvalue weighted by molar-refractivity contribution is 5.29. The number of rotatable bonds is 3. The molecule has 1 N–H and O–H groups in total. The van der Waals surface area contributed by atoms with Crippen molar-refractivity contribution < 1.29 is 5.11 Å². The van der Waals surface area contributed by atoms with Crippen molar-refractivity contribution in [3.8, 4) is 18.4 Å². The second kappa shape index (κ2) is 2.81. The van der Waals surface area contributed by atoms with Crippen LogP contribution in [0.15, 0.2) is 0 Å². The third-order valence-corrected chi connectivity index (χ3v) is 2.61. The van der Waals surface area contributed by atoms with Crippen LogP contribution in [0.3, 0.4) is 0 Å². The minimum absolute atomic E-state index is 0.525. The van der Waals surface area contributed by atoms with Gasteiger partial charge in [0.1, 0.15) is 5.60 Å². The molecule has 0 aromatic heterocycles. The van der Waals surface area contributed by atoms with E-state index in [1.165, 1.54) is 0 Å². The highest BCUT2D eigenvalue weighted by Gasteiger charge is 2.58. The number of aliphatic hydroxyl groups is 1. The van der Waals surface area contributed by atoms with Crippen LogP contribution in [0.4, 0.5) is 0 Å². The molecule has 2 heteroatoms. The lowest BCUT2D eigenvalue weighted by Gasteiger charge is -2.26. The van der Waals surface area contributed by atoms with Crippen LogP contribution in [0.2, 0.25) is 0 Å². The molecule has 1 aliphatic rings. The predicted octanol–water partition coefficient (Wildman–Crippen LogP) is 1.45.